The van der Waals surface area contributed by atoms with Gasteiger partial charge in [-0.05, 0) is 25.0 Å². The second-order valence-electron chi connectivity index (χ2n) is 6.82. The number of nitrogens with one attached hydrogen (secondary N) is 4. The molecule has 0 saturated heterocycles. The first-order chi connectivity index (χ1) is 13.3. The van der Waals surface area contributed by atoms with Gasteiger partial charge in [-0.1, -0.05) is 18.9 Å². The number of hydrogen-bond donors (Lipinski definition) is 4. The van der Waals surface area contributed by atoms with Crippen molar-refractivity contribution < 1.29 is 0 Å². The molecule has 1 fully saturated rings. The van der Waals surface area contributed by atoms with Crippen LogP contribution in [0.5, 0.6) is 0 Å². The highest BCUT2D eigenvalue weighted by atomic mass is 16.1. The van der Waals surface area contributed by atoms with Crippen molar-refractivity contribution in [2.24, 2.45) is 0 Å². The Hall–Kier alpha value is -3.49. The van der Waals surface area contributed by atoms with Gasteiger partial charge in [0.15, 0.2) is 5.82 Å². The lowest BCUT2D eigenvalue weighted by Crippen LogP contribution is -2.01. The van der Waals surface area contributed by atoms with Crippen LogP contribution >= 0.6 is 0 Å². The fraction of sp³-hybridized carbons (Fsp3) is 0.278. The van der Waals surface area contributed by atoms with Crippen LogP contribution in [-0.2, 0) is 0 Å². The molecule has 136 valence electrons. The Morgan fingerprint density at radius 2 is 2.00 bits per heavy atom. The lowest BCUT2D eigenvalue weighted by molar-refractivity contribution is 0.693. The number of aromatic amines is 3. The quantitative estimate of drug-likeness (QED) is 0.442. The van der Waals surface area contributed by atoms with E-state index in [0.717, 1.165) is 16.8 Å². The largest absolute Gasteiger partial charge is 0.306 e. The van der Waals surface area contributed by atoms with E-state index in [-0.39, 0.29) is 5.56 Å². The Kier molecular flexibility index (Phi) is 3.70. The topological polar surface area (TPSA) is 128 Å². The average molecular weight is 362 g/mol. The molecule has 3 aromatic heterocycles. The number of benzene rings is 1. The van der Waals surface area contributed by atoms with Gasteiger partial charge in [0, 0.05) is 23.2 Å². The summed E-state index contributed by atoms with van der Waals surface area (Å²) in [6.45, 7) is 0. The first-order valence-electron chi connectivity index (χ1n) is 8.99. The highest BCUT2D eigenvalue weighted by Gasteiger charge is 2.19. The third-order valence-corrected chi connectivity index (χ3v) is 5.06. The first kappa shape index (κ1) is 15.7. The van der Waals surface area contributed by atoms with Crippen molar-refractivity contribution in [3.8, 4) is 11.3 Å². The predicted octanol–water partition coefficient (Wildman–Crippen LogP) is 2.83. The molecule has 27 heavy (non-hydrogen) atoms. The number of H-pyrrole nitrogens is 3. The number of rotatable bonds is 4. The van der Waals surface area contributed by atoms with E-state index < -0.39 is 0 Å². The molecule has 1 aromatic carbocycles. The summed E-state index contributed by atoms with van der Waals surface area (Å²) in [4.78, 5) is 16.3. The maximum atomic E-state index is 11.8. The first-order valence-corrected chi connectivity index (χ1v) is 8.99. The van der Waals surface area contributed by atoms with Gasteiger partial charge in [0.05, 0.1) is 22.8 Å². The Morgan fingerprint density at radius 1 is 1.11 bits per heavy atom. The van der Waals surface area contributed by atoms with Crippen molar-refractivity contribution in [2.45, 2.75) is 31.6 Å². The molecule has 0 bridgehead atoms. The van der Waals surface area contributed by atoms with Gasteiger partial charge in [-0.25, -0.2) is 4.98 Å². The fourth-order valence-electron chi connectivity index (χ4n) is 3.65. The maximum Gasteiger partial charge on any atom is 0.271 e. The van der Waals surface area contributed by atoms with Gasteiger partial charge in [-0.3, -0.25) is 20.1 Å². The van der Waals surface area contributed by atoms with Gasteiger partial charge in [-0.15, -0.1) is 5.10 Å². The van der Waals surface area contributed by atoms with Crippen LogP contribution in [-0.4, -0.2) is 35.6 Å². The number of aromatic nitrogens is 7. The summed E-state index contributed by atoms with van der Waals surface area (Å²) >= 11 is 0. The zero-order chi connectivity index (χ0) is 18.2. The van der Waals surface area contributed by atoms with Crippen molar-refractivity contribution in [3.63, 3.8) is 0 Å². The molecule has 3 heterocycles. The van der Waals surface area contributed by atoms with Crippen LogP contribution < -0.4 is 10.9 Å². The molecule has 1 aliphatic rings. The van der Waals surface area contributed by atoms with E-state index in [1.54, 1.807) is 12.3 Å². The molecular formula is C18H18N8O. The molecule has 5 rings (SSSR count). The fourth-order valence-corrected chi connectivity index (χ4v) is 3.65. The summed E-state index contributed by atoms with van der Waals surface area (Å²) < 4.78 is 0. The molecule has 9 heteroatoms. The Bertz CT molecular complexity index is 1150. The van der Waals surface area contributed by atoms with Crippen LogP contribution in [0.15, 0.2) is 35.3 Å². The minimum atomic E-state index is -0.164. The molecule has 1 aliphatic carbocycles. The third-order valence-electron chi connectivity index (χ3n) is 5.06. The summed E-state index contributed by atoms with van der Waals surface area (Å²) in [5.41, 5.74) is 3.15. The predicted molar refractivity (Wildman–Crippen MR) is 101 cm³/mol. The van der Waals surface area contributed by atoms with E-state index in [1.165, 1.54) is 25.7 Å². The van der Waals surface area contributed by atoms with E-state index in [0.29, 0.717) is 28.8 Å². The molecule has 4 N–H and O–H groups in total. The Morgan fingerprint density at radius 3 is 2.89 bits per heavy atom. The van der Waals surface area contributed by atoms with E-state index in [4.69, 9.17) is 0 Å². The molecule has 9 nitrogen and oxygen atoms in total. The molecule has 0 radical (unpaired) electrons. The minimum absolute atomic E-state index is 0.164. The summed E-state index contributed by atoms with van der Waals surface area (Å²) in [5, 5.41) is 24.6. The van der Waals surface area contributed by atoms with Crippen molar-refractivity contribution in [1.29, 1.82) is 0 Å². The molecule has 0 aliphatic heterocycles. The zero-order valence-corrected chi connectivity index (χ0v) is 14.5. The van der Waals surface area contributed by atoms with E-state index in [9.17, 15) is 4.79 Å². The average Bonchev–Trinajstić information content (AvgIpc) is 3.43. The number of hydrogen-bond acceptors (Lipinski definition) is 6. The van der Waals surface area contributed by atoms with E-state index >= 15 is 0 Å². The van der Waals surface area contributed by atoms with Gasteiger partial charge >= 0.3 is 0 Å². The van der Waals surface area contributed by atoms with Gasteiger partial charge in [0.25, 0.3) is 5.56 Å². The molecule has 0 spiro atoms. The van der Waals surface area contributed by atoms with Crippen LogP contribution in [0.1, 0.15) is 37.3 Å². The van der Waals surface area contributed by atoms with Crippen molar-refractivity contribution in [1.82, 2.24) is 35.6 Å². The normalized spacial score (nSPS) is 14.8. The maximum absolute atomic E-state index is 11.8. The van der Waals surface area contributed by atoms with Crippen molar-refractivity contribution in [3.05, 3.63) is 46.5 Å². The summed E-state index contributed by atoms with van der Waals surface area (Å²) in [6.07, 6.45) is 6.53. The Labute approximate surface area is 153 Å². The molecule has 0 amide bonds. The second kappa shape index (κ2) is 6.35. The summed E-state index contributed by atoms with van der Waals surface area (Å²) in [6, 6.07) is 7.51. The number of anilines is 2. The molecule has 1 saturated carbocycles. The smallest absolute Gasteiger partial charge is 0.271 e. The molecule has 4 aromatic rings. The SMILES string of the molecule is O=c1[nH][nH]c2ccc(-c3cnnc(Nc4cc(C5CCCC5)[nH]n4)n3)cc12. The van der Waals surface area contributed by atoms with Crippen LogP contribution in [0.2, 0.25) is 0 Å². The second-order valence-corrected chi connectivity index (χ2v) is 6.82. The summed E-state index contributed by atoms with van der Waals surface area (Å²) in [5.74, 6) is 1.60. The number of nitrogens with zero attached hydrogens (tertiary/aromatic N) is 4. The van der Waals surface area contributed by atoms with Gasteiger partial charge < -0.3 is 5.32 Å². The molecule has 0 unspecified atom stereocenters. The van der Waals surface area contributed by atoms with Crippen LogP contribution in [0.4, 0.5) is 11.8 Å². The Balaban J connectivity index is 1.41. The van der Waals surface area contributed by atoms with Crippen molar-refractivity contribution >= 4 is 22.7 Å². The van der Waals surface area contributed by atoms with E-state index in [2.05, 4.69) is 40.9 Å². The molecular weight excluding hydrogens is 344 g/mol. The summed E-state index contributed by atoms with van der Waals surface area (Å²) in [7, 11) is 0. The van der Waals surface area contributed by atoms with Crippen LogP contribution in [0.25, 0.3) is 22.2 Å². The van der Waals surface area contributed by atoms with Gasteiger partial charge in [0.2, 0.25) is 5.95 Å². The zero-order valence-electron chi connectivity index (χ0n) is 14.5. The lowest BCUT2D eigenvalue weighted by Gasteiger charge is -2.04. The highest BCUT2D eigenvalue weighted by molar-refractivity contribution is 5.83. The highest BCUT2D eigenvalue weighted by Crippen LogP contribution is 2.33. The minimum Gasteiger partial charge on any atom is -0.306 e. The van der Waals surface area contributed by atoms with Crippen LogP contribution in [0, 0.1) is 0 Å². The lowest BCUT2D eigenvalue weighted by atomic mass is 10.0. The van der Waals surface area contributed by atoms with Crippen molar-refractivity contribution in [2.75, 3.05) is 5.32 Å². The van der Waals surface area contributed by atoms with E-state index in [1.807, 2.05) is 18.2 Å². The molecule has 0 atom stereocenters. The van der Waals surface area contributed by atoms with Gasteiger partial charge in [0.1, 0.15) is 0 Å². The van der Waals surface area contributed by atoms with Gasteiger partial charge in [-0.2, -0.15) is 10.2 Å². The van der Waals surface area contributed by atoms with Crippen LogP contribution in [0.3, 0.4) is 0 Å². The monoisotopic (exact) mass is 362 g/mol. The standard InChI is InChI=1S/C18H18N8O/c27-17-12-7-11(5-6-13(12)22-25-17)15-9-19-26-18(20-15)21-16-8-14(23-24-16)10-3-1-2-4-10/h5-10H,1-4H2,(H2,22,25,27)(H2,20,21,23,24,26). The number of fused-ring (bicyclic) bond motifs is 1. The third kappa shape index (κ3) is 2.97.